The van der Waals surface area contributed by atoms with Gasteiger partial charge in [-0.2, -0.15) is 0 Å². The molecule has 0 unspecified atom stereocenters. The van der Waals surface area contributed by atoms with Crippen molar-refractivity contribution in [1.29, 1.82) is 0 Å². The molecule has 0 fully saturated rings. The highest BCUT2D eigenvalue weighted by Gasteiger charge is 2.13. The lowest BCUT2D eigenvalue weighted by Crippen LogP contribution is -2.13. The number of aromatic carboxylic acids is 1. The van der Waals surface area contributed by atoms with Crippen LogP contribution in [0.4, 0.5) is 5.69 Å². The van der Waals surface area contributed by atoms with Crippen LogP contribution in [0, 0.1) is 6.92 Å². The van der Waals surface area contributed by atoms with E-state index in [1.54, 1.807) is 6.92 Å². The third-order valence-electron chi connectivity index (χ3n) is 2.68. The van der Waals surface area contributed by atoms with E-state index < -0.39 is 11.9 Å². The van der Waals surface area contributed by atoms with Gasteiger partial charge in [0.2, 0.25) is 0 Å². The lowest BCUT2D eigenvalue weighted by Gasteiger charge is -2.09. The minimum atomic E-state index is -1.16. The first-order chi connectivity index (χ1) is 9.86. The highest BCUT2D eigenvalue weighted by Crippen LogP contribution is 2.25. The monoisotopic (exact) mass is 306 g/mol. The minimum Gasteiger partial charge on any atom is -0.506 e. The number of aromatic hydroxyl groups is 1. The number of carbonyl (C=O) groups excluding carboxylic acids is 1. The van der Waals surface area contributed by atoms with Crippen molar-refractivity contribution in [2.75, 3.05) is 5.32 Å². The van der Waals surface area contributed by atoms with Gasteiger partial charge in [-0.05, 0) is 37.3 Å². The molecule has 0 bridgehead atoms. The van der Waals surface area contributed by atoms with E-state index in [1.807, 2.05) is 0 Å². The van der Waals surface area contributed by atoms with Crippen molar-refractivity contribution in [3.8, 4) is 5.75 Å². The van der Waals surface area contributed by atoms with Crippen molar-refractivity contribution in [3.63, 3.8) is 0 Å². The van der Waals surface area contributed by atoms with E-state index >= 15 is 0 Å². The molecule has 3 N–H and O–H groups in total. The molecular weight excluding hydrogens is 296 g/mol. The lowest BCUT2D eigenvalue weighted by atomic mass is 10.1. The number of amides is 1. The molecule has 2 rings (SSSR count). The minimum absolute atomic E-state index is 0.00508. The Bertz CT molecular complexity index is 711. The average molecular weight is 307 g/mol. The van der Waals surface area contributed by atoms with Crippen molar-refractivity contribution in [1.82, 2.24) is 4.98 Å². The van der Waals surface area contributed by atoms with Gasteiger partial charge in [0, 0.05) is 11.3 Å². The Balaban J connectivity index is 2.31. The third kappa shape index (κ3) is 3.49. The molecule has 0 aliphatic rings. The zero-order chi connectivity index (χ0) is 15.6. The van der Waals surface area contributed by atoms with Crippen LogP contribution in [-0.2, 0) is 0 Å². The molecule has 0 saturated heterocycles. The molecule has 0 aliphatic carbocycles. The summed E-state index contributed by atoms with van der Waals surface area (Å²) in [7, 11) is 0. The second kappa shape index (κ2) is 5.80. The lowest BCUT2D eigenvalue weighted by molar-refractivity contribution is 0.0696. The van der Waals surface area contributed by atoms with E-state index in [0.717, 1.165) is 0 Å². The summed E-state index contributed by atoms with van der Waals surface area (Å²) < 4.78 is 0. The Hall–Kier alpha value is -2.60. The van der Waals surface area contributed by atoms with Gasteiger partial charge in [0.15, 0.2) is 0 Å². The van der Waals surface area contributed by atoms with E-state index in [0.29, 0.717) is 5.69 Å². The fraction of sp³-hybridized carbons (Fsp3) is 0.0714. The second-order valence-corrected chi connectivity index (χ2v) is 4.70. The topological polar surface area (TPSA) is 99.5 Å². The number of benzene rings is 1. The number of hydrogen-bond acceptors (Lipinski definition) is 4. The van der Waals surface area contributed by atoms with Gasteiger partial charge in [0.05, 0.1) is 11.3 Å². The van der Waals surface area contributed by atoms with Crippen molar-refractivity contribution in [2.45, 2.75) is 6.92 Å². The number of nitrogens with zero attached hydrogens (tertiary/aromatic N) is 1. The first-order valence-electron chi connectivity index (χ1n) is 5.88. The summed E-state index contributed by atoms with van der Waals surface area (Å²) in [5.41, 5.74) is 0.779. The van der Waals surface area contributed by atoms with E-state index in [4.69, 9.17) is 16.7 Å². The number of anilines is 1. The number of rotatable bonds is 3. The number of phenolic OH excluding ortho intramolecular Hbond substituents is 1. The Labute approximate surface area is 125 Å². The van der Waals surface area contributed by atoms with E-state index in [-0.39, 0.29) is 27.7 Å². The van der Waals surface area contributed by atoms with E-state index in [1.165, 1.54) is 30.3 Å². The molecule has 0 atom stereocenters. The van der Waals surface area contributed by atoms with Crippen LogP contribution in [0.25, 0.3) is 0 Å². The number of carbonyl (C=O) groups is 2. The maximum atomic E-state index is 12.1. The van der Waals surface area contributed by atoms with Crippen molar-refractivity contribution in [2.24, 2.45) is 0 Å². The van der Waals surface area contributed by atoms with Crippen molar-refractivity contribution in [3.05, 3.63) is 52.3 Å². The number of phenols is 1. The summed E-state index contributed by atoms with van der Waals surface area (Å²) in [6, 6.07) is 6.51. The van der Waals surface area contributed by atoms with Gasteiger partial charge in [0.25, 0.3) is 5.91 Å². The molecule has 0 aliphatic heterocycles. The molecule has 1 heterocycles. The number of carboxylic acid groups (broad SMARTS) is 1. The highest BCUT2D eigenvalue weighted by molar-refractivity contribution is 6.29. The standard InChI is InChI=1S/C14H11ClN2O4/c1-7-4-9(6-12(15)16-7)13(19)17-10-5-8(14(20)21)2-3-11(10)18/h2-6,18H,1H3,(H,17,19)(H,20,21). The van der Waals surface area contributed by atoms with Crippen LogP contribution < -0.4 is 5.32 Å². The number of nitrogens with one attached hydrogen (secondary N) is 1. The van der Waals surface area contributed by atoms with Crippen LogP contribution in [0.1, 0.15) is 26.4 Å². The van der Waals surface area contributed by atoms with Crippen LogP contribution in [0.3, 0.4) is 0 Å². The van der Waals surface area contributed by atoms with E-state index in [9.17, 15) is 14.7 Å². The molecule has 0 saturated carbocycles. The molecular formula is C14H11ClN2O4. The quantitative estimate of drug-likeness (QED) is 0.598. The van der Waals surface area contributed by atoms with Gasteiger partial charge in [-0.15, -0.1) is 0 Å². The van der Waals surface area contributed by atoms with E-state index in [2.05, 4.69) is 10.3 Å². The average Bonchev–Trinajstić information content (AvgIpc) is 2.39. The van der Waals surface area contributed by atoms with Gasteiger partial charge in [-0.3, -0.25) is 4.79 Å². The molecule has 21 heavy (non-hydrogen) atoms. The fourth-order valence-corrected chi connectivity index (χ4v) is 1.97. The predicted molar refractivity (Wildman–Crippen MR) is 77.0 cm³/mol. The molecule has 0 spiro atoms. The molecule has 1 aromatic carbocycles. The molecule has 7 heteroatoms. The van der Waals surface area contributed by atoms with Crippen LogP contribution in [0.2, 0.25) is 5.15 Å². The second-order valence-electron chi connectivity index (χ2n) is 4.31. The first-order valence-corrected chi connectivity index (χ1v) is 6.26. The van der Waals surface area contributed by atoms with Gasteiger partial charge in [-0.1, -0.05) is 11.6 Å². The number of halogens is 1. The number of aromatic nitrogens is 1. The third-order valence-corrected chi connectivity index (χ3v) is 2.87. The maximum Gasteiger partial charge on any atom is 0.335 e. The SMILES string of the molecule is Cc1cc(C(=O)Nc2cc(C(=O)O)ccc2O)cc(Cl)n1. The molecule has 0 radical (unpaired) electrons. The molecule has 1 aromatic heterocycles. The molecule has 2 aromatic rings. The zero-order valence-corrected chi connectivity index (χ0v) is 11.7. The Morgan fingerprint density at radius 3 is 2.52 bits per heavy atom. The summed E-state index contributed by atoms with van der Waals surface area (Å²) in [5.74, 6) is -1.92. The molecule has 1 amide bonds. The van der Waals surface area contributed by atoms with Gasteiger partial charge >= 0.3 is 5.97 Å². The molecule has 6 nitrogen and oxygen atoms in total. The largest absolute Gasteiger partial charge is 0.506 e. The summed E-state index contributed by atoms with van der Waals surface area (Å²) in [5, 5.41) is 21.2. The number of hydrogen-bond donors (Lipinski definition) is 3. The van der Waals surface area contributed by atoms with Crippen molar-refractivity contribution >= 4 is 29.2 Å². The van der Waals surface area contributed by atoms with Crippen LogP contribution >= 0.6 is 11.6 Å². The maximum absolute atomic E-state index is 12.1. The highest BCUT2D eigenvalue weighted by atomic mass is 35.5. The van der Waals surface area contributed by atoms with Gasteiger partial charge in [-0.25, -0.2) is 9.78 Å². The Morgan fingerprint density at radius 2 is 1.90 bits per heavy atom. The number of aryl methyl sites for hydroxylation is 1. The Kier molecular flexibility index (Phi) is 4.09. The summed E-state index contributed by atoms with van der Waals surface area (Å²) in [6.07, 6.45) is 0. The van der Waals surface area contributed by atoms with Crippen LogP contribution in [-0.4, -0.2) is 27.1 Å². The normalized spacial score (nSPS) is 10.2. The smallest absolute Gasteiger partial charge is 0.335 e. The Morgan fingerprint density at radius 1 is 1.19 bits per heavy atom. The van der Waals surface area contributed by atoms with Gasteiger partial charge in [0.1, 0.15) is 10.9 Å². The molecule has 108 valence electrons. The summed E-state index contributed by atoms with van der Waals surface area (Å²) in [6.45, 7) is 1.69. The number of carboxylic acids is 1. The van der Waals surface area contributed by atoms with Crippen LogP contribution in [0.5, 0.6) is 5.75 Å². The zero-order valence-electron chi connectivity index (χ0n) is 10.9. The summed E-state index contributed by atoms with van der Waals surface area (Å²) >= 11 is 5.78. The first kappa shape index (κ1) is 14.8. The summed E-state index contributed by atoms with van der Waals surface area (Å²) in [4.78, 5) is 26.9. The predicted octanol–water partition coefficient (Wildman–Crippen LogP) is 2.70. The van der Waals surface area contributed by atoms with Crippen molar-refractivity contribution < 1.29 is 19.8 Å². The van der Waals surface area contributed by atoms with Crippen LogP contribution in [0.15, 0.2) is 30.3 Å². The fourth-order valence-electron chi connectivity index (χ4n) is 1.72. The number of pyridine rings is 1. The van der Waals surface area contributed by atoms with Gasteiger partial charge < -0.3 is 15.5 Å².